The molecule has 71 heavy (non-hydrogen) atoms. The van der Waals surface area contributed by atoms with E-state index >= 15 is 0 Å². The largest absolute Gasteiger partial charge is 0.460 e. The number of fused-ring (bicyclic) bond motifs is 3. The SMILES string of the molecule is CO[C@H]1C[C@H]2O[C@@](O)(C(=O)C(=O)N3CCCC[C@H]3C(=O)O[C@H]([C@H](C)C[C@@H]3CCC(n4cnnn4)[C@H](OC)C3)CC(=O)[C@H](C)/C=C(\C)[C@@H](O)[C@@H](OC)C(=O)[C@H](C)C[C@H](C)/C=C/C=C/C=C/1C)[C@H](CO)CC2O. The van der Waals surface area contributed by atoms with Gasteiger partial charge in [0.05, 0.1) is 37.1 Å². The van der Waals surface area contributed by atoms with Crippen LogP contribution in [0, 0.1) is 35.5 Å². The van der Waals surface area contributed by atoms with Crippen LogP contribution in [0.1, 0.15) is 118 Å². The van der Waals surface area contributed by atoms with Crippen LogP contribution in [-0.2, 0) is 47.7 Å². The fourth-order valence-corrected chi connectivity index (χ4v) is 10.9. The number of aliphatic hydroxyl groups is 4. The van der Waals surface area contributed by atoms with E-state index < -0.39 is 90.5 Å². The molecule has 19 nitrogen and oxygen atoms in total. The second-order valence-electron chi connectivity index (χ2n) is 20.5. The highest BCUT2D eigenvalue weighted by molar-refractivity contribution is 6.39. The number of aliphatic hydroxyl groups excluding tert-OH is 3. The zero-order chi connectivity index (χ0) is 52.2. The quantitative estimate of drug-likeness (QED) is 0.163. The molecule has 3 fully saturated rings. The summed E-state index contributed by atoms with van der Waals surface area (Å²) >= 11 is 0. The fourth-order valence-electron chi connectivity index (χ4n) is 10.9. The molecule has 1 aliphatic carbocycles. The predicted molar refractivity (Wildman–Crippen MR) is 259 cm³/mol. The lowest BCUT2D eigenvalue weighted by atomic mass is 9.77. The van der Waals surface area contributed by atoms with Gasteiger partial charge in [0.15, 0.2) is 5.78 Å². The molecule has 2 unspecified atom stereocenters. The van der Waals surface area contributed by atoms with Gasteiger partial charge in [-0.25, -0.2) is 9.48 Å². The van der Waals surface area contributed by atoms with Gasteiger partial charge >= 0.3 is 5.97 Å². The number of carbonyl (C=O) groups excluding carboxylic acids is 5. The molecule has 0 aromatic carbocycles. The van der Waals surface area contributed by atoms with E-state index in [0.717, 1.165) is 23.3 Å². The Morgan fingerprint density at radius 2 is 1.65 bits per heavy atom. The number of hydrogen-bond donors (Lipinski definition) is 4. The first kappa shape index (κ1) is 57.6. The average Bonchev–Trinajstić information content (AvgIpc) is 3.90. The Morgan fingerprint density at radius 1 is 0.901 bits per heavy atom. The highest BCUT2D eigenvalue weighted by Gasteiger charge is 2.56. The molecule has 1 saturated carbocycles. The van der Waals surface area contributed by atoms with E-state index in [9.17, 15) is 44.4 Å². The summed E-state index contributed by atoms with van der Waals surface area (Å²) in [4.78, 5) is 72.4. The Morgan fingerprint density at radius 3 is 2.31 bits per heavy atom. The molecule has 396 valence electrons. The Balaban J connectivity index is 1.49. The minimum absolute atomic E-state index is 0.0246. The summed E-state index contributed by atoms with van der Waals surface area (Å²) in [5, 5.41) is 56.8. The van der Waals surface area contributed by atoms with Crippen molar-refractivity contribution in [2.45, 2.75) is 173 Å². The molecule has 4 aliphatic rings. The molecular formula is C52H79N5O14. The van der Waals surface area contributed by atoms with Crippen LogP contribution < -0.4 is 0 Å². The zero-order valence-corrected chi connectivity index (χ0v) is 43.0. The number of cyclic esters (lactones) is 1. The van der Waals surface area contributed by atoms with Gasteiger partial charge in [-0.3, -0.25) is 19.2 Å². The third kappa shape index (κ3) is 14.5. The normalized spacial score (nSPS) is 39.1. The molecule has 19 heteroatoms. The van der Waals surface area contributed by atoms with Crippen molar-refractivity contribution < 1.29 is 68.1 Å². The number of methoxy groups -OCH3 is 3. The average molecular weight is 998 g/mol. The molecular weight excluding hydrogens is 919 g/mol. The first-order valence-corrected chi connectivity index (χ1v) is 25.3. The number of amides is 1. The molecule has 0 spiro atoms. The zero-order valence-electron chi connectivity index (χ0n) is 43.0. The van der Waals surface area contributed by atoms with E-state index in [4.69, 9.17) is 23.7 Å². The minimum atomic E-state index is -2.85. The lowest BCUT2D eigenvalue weighted by molar-refractivity contribution is -0.293. The van der Waals surface area contributed by atoms with E-state index in [0.29, 0.717) is 37.7 Å². The molecule has 4 N–H and O–H groups in total. The van der Waals surface area contributed by atoms with Crippen molar-refractivity contribution in [2.24, 2.45) is 35.5 Å². The van der Waals surface area contributed by atoms with Crippen molar-refractivity contribution in [3.05, 3.63) is 53.9 Å². The number of esters is 1. The van der Waals surface area contributed by atoms with Gasteiger partial charge in [0.2, 0.25) is 5.79 Å². The summed E-state index contributed by atoms with van der Waals surface area (Å²) in [5.74, 6) is -9.83. The fraction of sp³-hybridized carbons (Fsp3) is 0.731. The van der Waals surface area contributed by atoms with Gasteiger partial charge in [0, 0.05) is 58.5 Å². The number of ether oxygens (including phenoxy) is 5. The molecule has 16 atom stereocenters. The summed E-state index contributed by atoms with van der Waals surface area (Å²) in [6.45, 7) is 9.96. The van der Waals surface area contributed by atoms with Crippen LogP contribution in [0.2, 0.25) is 0 Å². The number of hydrogen-bond acceptors (Lipinski definition) is 17. The first-order valence-electron chi connectivity index (χ1n) is 25.3. The number of nitrogens with zero attached hydrogens (tertiary/aromatic N) is 5. The van der Waals surface area contributed by atoms with Crippen molar-refractivity contribution in [3.8, 4) is 0 Å². The second-order valence-corrected chi connectivity index (χ2v) is 20.5. The van der Waals surface area contributed by atoms with Gasteiger partial charge in [0.25, 0.3) is 11.7 Å². The molecule has 1 aromatic rings. The van der Waals surface area contributed by atoms with E-state index in [1.165, 1.54) is 14.2 Å². The topological polar surface area (TPSA) is 259 Å². The van der Waals surface area contributed by atoms with Crippen LogP contribution >= 0.6 is 0 Å². The Bertz CT molecular complexity index is 2080. The van der Waals surface area contributed by atoms with Crippen LogP contribution in [0.5, 0.6) is 0 Å². The molecule has 2 bridgehead atoms. The number of Topliss-reactive ketones (excluding diaryl/α,β-unsaturated/α-hetero) is 3. The number of piperidine rings is 1. The van der Waals surface area contributed by atoms with Gasteiger partial charge in [-0.15, -0.1) is 5.10 Å². The van der Waals surface area contributed by atoms with E-state index in [1.807, 2.05) is 39.0 Å². The summed E-state index contributed by atoms with van der Waals surface area (Å²) in [6, 6.07) is -1.34. The van der Waals surface area contributed by atoms with Crippen LogP contribution in [0.4, 0.5) is 0 Å². The Hall–Kier alpha value is -4.34. The van der Waals surface area contributed by atoms with Crippen LogP contribution in [0.15, 0.2) is 53.9 Å². The van der Waals surface area contributed by atoms with Crippen molar-refractivity contribution in [2.75, 3.05) is 34.5 Å². The van der Waals surface area contributed by atoms with E-state index in [-0.39, 0.29) is 73.7 Å². The number of aromatic nitrogens is 4. The number of allylic oxidation sites excluding steroid dienone is 6. The van der Waals surface area contributed by atoms with Crippen molar-refractivity contribution in [1.29, 1.82) is 0 Å². The smallest absolute Gasteiger partial charge is 0.329 e. The van der Waals surface area contributed by atoms with Crippen molar-refractivity contribution in [1.82, 2.24) is 25.1 Å². The molecule has 0 radical (unpaired) electrons. The first-order chi connectivity index (χ1) is 33.8. The summed E-state index contributed by atoms with van der Waals surface area (Å²) in [6.07, 6.45) is 9.23. The molecule has 2 saturated heterocycles. The van der Waals surface area contributed by atoms with E-state index in [2.05, 4.69) is 15.5 Å². The van der Waals surface area contributed by atoms with Crippen LogP contribution in [-0.4, -0.2) is 164 Å². The maximum absolute atomic E-state index is 14.5. The van der Waals surface area contributed by atoms with Gasteiger partial charge in [0.1, 0.15) is 36.5 Å². The van der Waals surface area contributed by atoms with Gasteiger partial charge in [-0.1, -0.05) is 64.2 Å². The highest BCUT2D eigenvalue weighted by atomic mass is 16.6. The van der Waals surface area contributed by atoms with Crippen LogP contribution in [0.25, 0.3) is 0 Å². The number of tetrazole rings is 1. The predicted octanol–water partition coefficient (Wildman–Crippen LogP) is 3.99. The Kier molecular flexibility index (Phi) is 21.5. The summed E-state index contributed by atoms with van der Waals surface area (Å²) in [7, 11) is 4.47. The van der Waals surface area contributed by atoms with Gasteiger partial charge in [-0.2, -0.15) is 0 Å². The lowest BCUT2D eigenvalue weighted by Gasteiger charge is -2.45. The Labute approximate surface area is 418 Å². The summed E-state index contributed by atoms with van der Waals surface area (Å²) in [5.41, 5.74) is 1.08. The lowest BCUT2D eigenvalue weighted by Crippen LogP contribution is -2.64. The third-order valence-electron chi connectivity index (χ3n) is 15.3. The van der Waals surface area contributed by atoms with E-state index in [1.54, 1.807) is 57.1 Å². The maximum atomic E-state index is 14.5. The summed E-state index contributed by atoms with van der Waals surface area (Å²) < 4.78 is 31.2. The monoisotopic (exact) mass is 998 g/mol. The molecule has 1 aromatic heterocycles. The standard InChI is InChI=1S/C52H79N5O14/c1-30-15-11-10-12-16-31(2)42(67-7)27-45-41(60)25-37(28-58)52(66,71-45)49(63)50(64)56-20-14-13-17-39(56)51(65)70-43(33(4)23-36-18-19-38(44(24-36)68-8)57-29-53-54-55-57)26-40(59)32(3)22-35(6)47(62)48(69-9)46(61)34(5)21-30/h10-12,15-16,22,29-30,32-34,36-39,41-45,47-48,58,60,62,66H,13-14,17-21,23-28H2,1-9H3/b12-10+,15-11+,31-16+,35-22+/t30-,32-,33-,34-,36+,37+,38?,39+,41?,42+,43+,44-,45-,47-,48+,52-/m1/s1. The number of carbonyl (C=O) groups is 5. The second kappa shape index (κ2) is 26.6. The van der Waals surface area contributed by atoms with Crippen molar-refractivity contribution in [3.63, 3.8) is 0 Å². The minimum Gasteiger partial charge on any atom is -0.460 e. The van der Waals surface area contributed by atoms with Crippen molar-refractivity contribution >= 4 is 29.2 Å². The molecule has 3 aliphatic heterocycles. The molecule has 1 amide bonds. The third-order valence-corrected chi connectivity index (χ3v) is 15.3. The number of ketones is 3. The van der Waals surface area contributed by atoms with Crippen LogP contribution in [0.3, 0.4) is 0 Å². The maximum Gasteiger partial charge on any atom is 0.329 e. The number of rotatable bonds is 8. The van der Waals surface area contributed by atoms with Gasteiger partial charge < -0.3 is 49.0 Å². The molecule has 4 heterocycles. The van der Waals surface area contributed by atoms with Gasteiger partial charge in [-0.05, 0) is 111 Å². The molecule has 5 rings (SSSR count). The highest BCUT2D eigenvalue weighted by Crippen LogP contribution is 2.40.